The lowest BCUT2D eigenvalue weighted by atomic mass is 9.70. The van der Waals surface area contributed by atoms with Crippen molar-refractivity contribution in [2.45, 2.75) is 31.0 Å². The Bertz CT molecular complexity index is 811. The molecule has 2 bridgehead atoms. The number of carbonyl (C=O) groups excluding carboxylic acids is 3. The van der Waals surface area contributed by atoms with Gasteiger partial charge < -0.3 is 14.2 Å². The zero-order valence-electron chi connectivity index (χ0n) is 14.7. The van der Waals surface area contributed by atoms with Gasteiger partial charge in [-0.25, -0.2) is 9.59 Å². The molecule has 6 heteroatoms. The number of ether oxygens (including phenoxy) is 3. The Hall–Kier alpha value is -2.47. The number of methoxy groups -OCH3 is 2. The molecular formula is C20H20O6. The molecule has 4 rings (SSSR count). The third-order valence-corrected chi connectivity index (χ3v) is 5.87. The third-order valence-electron chi connectivity index (χ3n) is 5.87. The zero-order valence-corrected chi connectivity index (χ0v) is 14.7. The van der Waals surface area contributed by atoms with Crippen molar-refractivity contribution < 1.29 is 28.6 Å². The van der Waals surface area contributed by atoms with Crippen LogP contribution in [0.1, 0.15) is 24.8 Å². The van der Waals surface area contributed by atoms with Crippen LogP contribution < -0.4 is 0 Å². The minimum atomic E-state index is -1.16. The molecule has 0 amide bonds. The highest BCUT2D eigenvalue weighted by atomic mass is 16.6. The summed E-state index contributed by atoms with van der Waals surface area (Å²) in [6.07, 6.45) is 1.28. The SMILES string of the molecule is COC(=O)C1=C(C(=O)OC)C2(c3ccccc3)OC1C(=O)C1CCCC12. The lowest BCUT2D eigenvalue weighted by Gasteiger charge is -2.43. The number of benzene rings is 1. The van der Waals surface area contributed by atoms with Crippen LogP contribution in [0.4, 0.5) is 0 Å². The summed E-state index contributed by atoms with van der Waals surface area (Å²) in [7, 11) is 2.49. The van der Waals surface area contributed by atoms with E-state index in [0.29, 0.717) is 0 Å². The molecule has 0 spiro atoms. The molecule has 1 aliphatic carbocycles. The molecule has 2 aliphatic heterocycles. The molecule has 0 aromatic heterocycles. The molecule has 6 nitrogen and oxygen atoms in total. The maximum Gasteiger partial charge on any atom is 0.337 e. The van der Waals surface area contributed by atoms with Crippen LogP contribution in [-0.2, 0) is 34.2 Å². The molecule has 26 heavy (non-hydrogen) atoms. The van der Waals surface area contributed by atoms with Gasteiger partial charge in [0.05, 0.1) is 25.4 Å². The summed E-state index contributed by atoms with van der Waals surface area (Å²) < 4.78 is 16.1. The Morgan fingerprint density at radius 2 is 1.77 bits per heavy atom. The largest absolute Gasteiger partial charge is 0.466 e. The quantitative estimate of drug-likeness (QED) is 0.770. The van der Waals surface area contributed by atoms with Gasteiger partial charge in [-0.2, -0.15) is 0 Å². The molecule has 4 unspecified atom stereocenters. The normalized spacial score (nSPS) is 32.4. The van der Waals surface area contributed by atoms with Crippen molar-refractivity contribution in [3.05, 3.63) is 47.0 Å². The van der Waals surface area contributed by atoms with Crippen LogP contribution in [0.25, 0.3) is 0 Å². The van der Waals surface area contributed by atoms with E-state index >= 15 is 0 Å². The Balaban J connectivity index is 2.03. The van der Waals surface area contributed by atoms with Crippen LogP contribution in [0.2, 0.25) is 0 Å². The first-order valence-corrected chi connectivity index (χ1v) is 8.74. The van der Waals surface area contributed by atoms with E-state index in [4.69, 9.17) is 14.2 Å². The third kappa shape index (κ3) is 2.05. The molecule has 1 aromatic carbocycles. The second kappa shape index (κ2) is 6.06. The molecule has 2 heterocycles. The lowest BCUT2D eigenvalue weighted by Crippen LogP contribution is -2.50. The summed E-state index contributed by atoms with van der Waals surface area (Å²) in [5.74, 6) is -1.96. The van der Waals surface area contributed by atoms with Crippen LogP contribution in [0, 0.1) is 11.8 Å². The van der Waals surface area contributed by atoms with Crippen molar-refractivity contribution in [1.29, 1.82) is 0 Å². The first-order valence-electron chi connectivity index (χ1n) is 8.74. The van der Waals surface area contributed by atoms with E-state index in [-0.39, 0.29) is 28.8 Å². The number of hydrogen-bond acceptors (Lipinski definition) is 6. The number of ketones is 1. The standard InChI is InChI=1S/C20H20O6/c1-24-18(22)14-15(19(23)25-2)20(11-7-4-3-5-8-11)13-10-6-9-12(13)16(21)17(14)26-20/h3-5,7-8,12-13,17H,6,9-10H2,1-2H3. The Kier molecular flexibility index (Phi) is 3.95. The van der Waals surface area contributed by atoms with Gasteiger partial charge in [-0.15, -0.1) is 0 Å². The fourth-order valence-electron chi connectivity index (χ4n) is 4.88. The summed E-state index contributed by atoms with van der Waals surface area (Å²) in [6.45, 7) is 0. The van der Waals surface area contributed by atoms with E-state index in [1.165, 1.54) is 14.2 Å². The highest BCUT2D eigenvalue weighted by Gasteiger charge is 2.66. The monoisotopic (exact) mass is 356 g/mol. The average Bonchev–Trinajstić information content (AvgIpc) is 3.29. The highest BCUT2D eigenvalue weighted by molar-refractivity contribution is 6.10. The lowest BCUT2D eigenvalue weighted by molar-refractivity contribution is -0.168. The fraction of sp³-hybridized carbons (Fsp3) is 0.450. The predicted molar refractivity (Wildman–Crippen MR) is 89.9 cm³/mol. The topological polar surface area (TPSA) is 78.9 Å². The van der Waals surface area contributed by atoms with Crippen molar-refractivity contribution in [2.75, 3.05) is 14.2 Å². The van der Waals surface area contributed by atoms with Gasteiger partial charge in [-0.1, -0.05) is 36.8 Å². The van der Waals surface area contributed by atoms with Gasteiger partial charge >= 0.3 is 11.9 Å². The zero-order chi connectivity index (χ0) is 18.5. The summed E-state index contributed by atoms with van der Waals surface area (Å²) >= 11 is 0. The number of rotatable bonds is 3. The van der Waals surface area contributed by atoms with E-state index < -0.39 is 23.6 Å². The number of fused-ring (bicyclic) bond motifs is 4. The Morgan fingerprint density at radius 1 is 1.08 bits per heavy atom. The maximum atomic E-state index is 13.0. The van der Waals surface area contributed by atoms with E-state index in [0.717, 1.165) is 24.8 Å². The molecular weight excluding hydrogens is 336 g/mol. The molecule has 1 saturated carbocycles. The van der Waals surface area contributed by atoms with Crippen molar-refractivity contribution in [3.8, 4) is 0 Å². The number of esters is 2. The molecule has 4 atom stereocenters. The molecule has 3 aliphatic rings. The first-order chi connectivity index (χ1) is 12.6. The predicted octanol–water partition coefficient (Wildman–Crippen LogP) is 1.92. The smallest absolute Gasteiger partial charge is 0.337 e. The van der Waals surface area contributed by atoms with Crippen molar-refractivity contribution >= 4 is 17.7 Å². The second-order valence-corrected chi connectivity index (χ2v) is 6.92. The van der Waals surface area contributed by atoms with E-state index in [1.807, 2.05) is 30.3 Å². The first kappa shape index (κ1) is 17.0. The number of carbonyl (C=O) groups is 3. The van der Waals surface area contributed by atoms with E-state index in [1.54, 1.807) is 0 Å². The minimum Gasteiger partial charge on any atom is -0.466 e. The van der Waals surface area contributed by atoms with Gasteiger partial charge in [0.15, 0.2) is 11.9 Å². The second-order valence-electron chi connectivity index (χ2n) is 6.92. The van der Waals surface area contributed by atoms with Crippen molar-refractivity contribution in [1.82, 2.24) is 0 Å². The van der Waals surface area contributed by atoms with E-state index in [9.17, 15) is 14.4 Å². The van der Waals surface area contributed by atoms with Gasteiger partial charge in [0.25, 0.3) is 0 Å². The van der Waals surface area contributed by atoms with Crippen molar-refractivity contribution in [2.24, 2.45) is 11.8 Å². The van der Waals surface area contributed by atoms with Crippen LogP contribution >= 0.6 is 0 Å². The average molecular weight is 356 g/mol. The Labute approximate surface area is 151 Å². The van der Waals surface area contributed by atoms with Gasteiger partial charge in [0, 0.05) is 11.8 Å². The Morgan fingerprint density at radius 3 is 2.42 bits per heavy atom. The molecule has 0 radical (unpaired) electrons. The van der Waals surface area contributed by atoms with E-state index in [2.05, 4.69) is 0 Å². The molecule has 1 aromatic rings. The minimum absolute atomic E-state index is 0.0115. The van der Waals surface area contributed by atoms with Gasteiger partial charge in [0.1, 0.15) is 5.60 Å². The number of hydrogen-bond donors (Lipinski definition) is 0. The van der Waals surface area contributed by atoms with Crippen LogP contribution in [0.15, 0.2) is 41.5 Å². The summed E-state index contributed by atoms with van der Waals surface area (Å²) in [5.41, 5.74) is -0.292. The highest BCUT2D eigenvalue weighted by Crippen LogP contribution is 2.60. The number of Topliss-reactive ketones (excluding diaryl/α,β-unsaturated/α-hetero) is 1. The van der Waals surface area contributed by atoms with Gasteiger partial charge in [0.2, 0.25) is 0 Å². The fourth-order valence-corrected chi connectivity index (χ4v) is 4.88. The molecule has 0 N–H and O–H groups in total. The molecule has 1 saturated heterocycles. The maximum absolute atomic E-state index is 13.0. The summed E-state index contributed by atoms with van der Waals surface area (Å²) in [5, 5.41) is 0. The molecule has 2 fully saturated rings. The summed E-state index contributed by atoms with van der Waals surface area (Å²) in [4.78, 5) is 38.3. The van der Waals surface area contributed by atoms with Crippen LogP contribution in [0.3, 0.4) is 0 Å². The van der Waals surface area contributed by atoms with Crippen LogP contribution in [-0.4, -0.2) is 38.0 Å². The van der Waals surface area contributed by atoms with Crippen molar-refractivity contribution in [3.63, 3.8) is 0 Å². The van der Waals surface area contributed by atoms with Gasteiger partial charge in [-0.3, -0.25) is 4.79 Å². The molecule has 136 valence electrons. The summed E-state index contributed by atoms with van der Waals surface area (Å²) in [6, 6.07) is 9.31. The van der Waals surface area contributed by atoms with Gasteiger partial charge in [-0.05, 0) is 18.4 Å². The van der Waals surface area contributed by atoms with Crippen LogP contribution in [0.5, 0.6) is 0 Å².